The fraction of sp³-hybridized carbons (Fsp3) is 0.294. The highest BCUT2D eigenvalue weighted by molar-refractivity contribution is 7.99. The highest BCUT2D eigenvalue weighted by Crippen LogP contribution is 2.38. The summed E-state index contributed by atoms with van der Waals surface area (Å²) in [4.78, 5) is 1.41. The quantitative estimate of drug-likeness (QED) is 0.910. The van der Waals surface area contributed by atoms with Crippen molar-refractivity contribution in [2.75, 3.05) is 12.9 Å². The van der Waals surface area contributed by atoms with Crippen molar-refractivity contribution in [3.63, 3.8) is 0 Å². The molecule has 0 fully saturated rings. The first-order valence-corrected chi connectivity index (χ1v) is 7.88. The summed E-state index contributed by atoms with van der Waals surface area (Å²) in [5, 5.41) is 3.73. The zero-order valence-electron chi connectivity index (χ0n) is 11.8. The molecular formula is C17H19NOS. The van der Waals surface area contributed by atoms with E-state index in [1.54, 1.807) is 7.11 Å². The molecule has 2 aromatic rings. The van der Waals surface area contributed by atoms with Crippen LogP contribution in [0.15, 0.2) is 53.4 Å². The van der Waals surface area contributed by atoms with Crippen LogP contribution in [0.25, 0.3) is 0 Å². The summed E-state index contributed by atoms with van der Waals surface area (Å²) in [7, 11) is 1.70. The molecule has 20 heavy (non-hydrogen) atoms. The minimum absolute atomic E-state index is 0.331. The van der Waals surface area contributed by atoms with Gasteiger partial charge in [0.2, 0.25) is 0 Å². The van der Waals surface area contributed by atoms with E-state index in [2.05, 4.69) is 48.6 Å². The number of fused-ring (bicyclic) bond motifs is 1. The van der Waals surface area contributed by atoms with Crippen LogP contribution >= 0.6 is 11.8 Å². The fourth-order valence-corrected chi connectivity index (χ4v) is 3.76. The third-order valence-corrected chi connectivity index (χ3v) is 4.95. The van der Waals surface area contributed by atoms with Gasteiger partial charge in [0, 0.05) is 22.7 Å². The van der Waals surface area contributed by atoms with Gasteiger partial charge in [-0.15, -0.1) is 11.8 Å². The van der Waals surface area contributed by atoms with E-state index < -0.39 is 0 Å². The zero-order valence-corrected chi connectivity index (χ0v) is 12.6. The van der Waals surface area contributed by atoms with Gasteiger partial charge in [-0.1, -0.05) is 30.3 Å². The summed E-state index contributed by atoms with van der Waals surface area (Å²) >= 11 is 1.94. The van der Waals surface area contributed by atoms with Gasteiger partial charge in [-0.25, -0.2) is 0 Å². The Kier molecular flexibility index (Phi) is 3.99. The number of nitrogens with one attached hydrogen (secondary N) is 1. The lowest BCUT2D eigenvalue weighted by molar-refractivity contribution is 0.414. The molecule has 1 N–H and O–H groups in total. The first kappa shape index (κ1) is 13.5. The Labute approximate surface area is 124 Å². The Balaban J connectivity index is 1.71. The van der Waals surface area contributed by atoms with Crippen molar-refractivity contribution in [1.82, 2.24) is 5.32 Å². The van der Waals surface area contributed by atoms with Crippen molar-refractivity contribution < 1.29 is 4.74 Å². The number of hydrogen-bond donors (Lipinski definition) is 1. The van der Waals surface area contributed by atoms with Gasteiger partial charge in [0.25, 0.3) is 0 Å². The highest BCUT2D eigenvalue weighted by Gasteiger charge is 2.23. The summed E-state index contributed by atoms with van der Waals surface area (Å²) in [5.41, 5.74) is 2.72. The van der Waals surface area contributed by atoms with Crippen molar-refractivity contribution in [3.05, 3.63) is 59.7 Å². The van der Waals surface area contributed by atoms with E-state index >= 15 is 0 Å². The average molecular weight is 285 g/mol. The maximum Gasteiger partial charge on any atom is 0.118 e. The van der Waals surface area contributed by atoms with E-state index in [9.17, 15) is 0 Å². The standard InChI is InChI=1S/C17H19NOS/c1-12(13-7-9-14(19-2)10-8-13)18-16-11-20-17-6-4-3-5-15(16)17/h3-10,12,16,18H,11H2,1-2H3. The molecule has 0 radical (unpaired) electrons. The van der Waals surface area contributed by atoms with Gasteiger partial charge in [0.05, 0.1) is 7.11 Å². The molecule has 2 nitrogen and oxygen atoms in total. The maximum atomic E-state index is 5.21. The molecule has 0 spiro atoms. The van der Waals surface area contributed by atoms with Crippen LogP contribution in [0.3, 0.4) is 0 Å². The summed E-state index contributed by atoms with van der Waals surface area (Å²) < 4.78 is 5.21. The molecule has 104 valence electrons. The number of benzene rings is 2. The molecule has 1 heterocycles. The Morgan fingerprint density at radius 3 is 2.65 bits per heavy atom. The monoisotopic (exact) mass is 285 g/mol. The van der Waals surface area contributed by atoms with Crippen LogP contribution in [-0.4, -0.2) is 12.9 Å². The minimum Gasteiger partial charge on any atom is -0.497 e. The summed E-state index contributed by atoms with van der Waals surface area (Å²) in [6.45, 7) is 2.22. The van der Waals surface area contributed by atoms with Crippen LogP contribution in [0.5, 0.6) is 5.75 Å². The van der Waals surface area contributed by atoms with Crippen molar-refractivity contribution in [3.8, 4) is 5.75 Å². The largest absolute Gasteiger partial charge is 0.497 e. The Bertz CT molecular complexity index is 582. The zero-order chi connectivity index (χ0) is 13.9. The molecule has 2 unspecified atom stereocenters. The molecule has 0 saturated carbocycles. The van der Waals surface area contributed by atoms with E-state index in [4.69, 9.17) is 4.74 Å². The molecule has 1 aliphatic rings. The second-order valence-electron chi connectivity index (χ2n) is 5.06. The lowest BCUT2D eigenvalue weighted by Gasteiger charge is -2.20. The van der Waals surface area contributed by atoms with Gasteiger partial charge < -0.3 is 10.1 Å². The van der Waals surface area contributed by atoms with E-state index in [1.165, 1.54) is 16.0 Å². The van der Waals surface area contributed by atoms with Crippen molar-refractivity contribution in [2.45, 2.75) is 23.9 Å². The minimum atomic E-state index is 0.331. The van der Waals surface area contributed by atoms with E-state index in [0.29, 0.717) is 12.1 Å². The molecular weight excluding hydrogens is 266 g/mol. The number of ether oxygens (including phenoxy) is 1. The topological polar surface area (TPSA) is 21.3 Å². The van der Waals surface area contributed by atoms with Crippen LogP contribution in [-0.2, 0) is 0 Å². The van der Waals surface area contributed by atoms with E-state index in [-0.39, 0.29) is 0 Å². The van der Waals surface area contributed by atoms with E-state index in [0.717, 1.165) is 11.5 Å². The first-order valence-electron chi connectivity index (χ1n) is 6.89. The summed E-state index contributed by atoms with van der Waals surface area (Å²) in [6.07, 6.45) is 0. The average Bonchev–Trinajstić information content (AvgIpc) is 2.91. The number of thioether (sulfide) groups is 1. The second-order valence-corrected chi connectivity index (χ2v) is 6.12. The molecule has 2 aromatic carbocycles. The Morgan fingerprint density at radius 1 is 1.15 bits per heavy atom. The number of methoxy groups -OCH3 is 1. The second kappa shape index (κ2) is 5.90. The van der Waals surface area contributed by atoms with Crippen LogP contribution < -0.4 is 10.1 Å². The van der Waals surface area contributed by atoms with Crippen molar-refractivity contribution in [1.29, 1.82) is 0 Å². The summed E-state index contributed by atoms with van der Waals surface area (Å²) in [5.74, 6) is 2.02. The van der Waals surface area contributed by atoms with Crippen molar-refractivity contribution in [2.24, 2.45) is 0 Å². The fourth-order valence-electron chi connectivity index (χ4n) is 2.59. The molecule has 0 saturated heterocycles. The first-order chi connectivity index (χ1) is 9.78. The molecule has 3 heteroatoms. The molecule has 0 amide bonds. The lowest BCUT2D eigenvalue weighted by Crippen LogP contribution is -2.24. The number of rotatable bonds is 4. The van der Waals surface area contributed by atoms with Crippen LogP contribution in [0.2, 0.25) is 0 Å². The predicted molar refractivity (Wildman–Crippen MR) is 84.5 cm³/mol. The summed E-state index contributed by atoms with van der Waals surface area (Å²) in [6, 6.07) is 17.7. The van der Waals surface area contributed by atoms with Crippen LogP contribution in [0.1, 0.15) is 30.1 Å². The Morgan fingerprint density at radius 2 is 1.90 bits per heavy atom. The lowest BCUT2D eigenvalue weighted by atomic mass is 10.0. The molecule has 0 aromatic heterocycles. The van der Waals surface area contributed by atoms with Crippen LogP contribution in [0, 0.1) is 0 Å². The van der Waals surface area contributed by atoms with Gasteiger partial charge in [0.1, 0.15) is 5.75 Å². The smallest absolute Gasteiger partial charge is 0.118 e. The van der Waals surface area contributed by atoms with E-state index in [1.807, 2.05) is 23.9 Å². The SMILES string of the molecule is COc1ccc(C(C)NC2CSc3ccccc32)cc1. The third kappa shape index (κ3) is 2.69. The van der Waals surface area contributed by atoms with Crippen LogP contribution in [0.4, 0.5) is 0 Å². The Hall–Kier alpha value is -1.45. The van der Waals surface area contributed by atoms with Crippen molar-refractivity contribution >= 4 is 11.8 Å². The normalized spacial score (nSPS) is 18.6. The van der Waals surface area contributed by atoms with Gasteiger partial charge >= 0.3 is 0 Å². The maximum absolute atomic E-state index is 5.21. The molecule has 0 bridgehead atoms. The van der Waals surface area contributed by atoms with Gasteiger partial charge in [-0.3, -0.25) is 0 Å². The molecule has 2 atom stereocenters. The molecule has 0 aliphatic carbocycles. The molecule has 1 aliphatic heterocycles. The number of hydrogen-bond acceptors (Lipinski definition) is 3. The van der Waals surface area contributed by atoms with Gasteiger partial charge in [0.15, 0.2) is 0 Å². The van der Waals surface area contributed by atoms with Gasteiger partial charge in [-0.2, -0.15) is 0 Å². The molecule has 3 rings (SSSR count). The van der Waals surface area contributed by atoms with Gasteiger partial charge in [-0.05, 0) is 36.2 Å². The predicted octanol–water partition coefficient (Wildman–Crippen LogP) is 4.19. The third-order valence-electron chi connectivity index (χ3n) is 3.77. The highest BCUT2D eigenvalue weighted by atomic mass is 32.2.